The van der Waals surface area contributed by atoms with Crippen LogP contribution in [-0.4, -0.2) is 69.3 Å². The van der Waals surface area contributed by atoms with Gasteiger partial charge in [-0.3, -0.25) is 9.59 Å². The van der Waals surface area contributed by atoms with E-state index in [1.807, 2.05) is 0 Å². The molecule has 0 bridgehead atoms. The van der Waals surface area contributed by atoms with Crippen LogP contribution >= 0.6 is 0 Å². The highest BCUT2D eigenvalue weighted by Crippen LogP contribution is 2.31. The topological polar surface area (TPSA) is 105 Å². The van der Waals surface area contributed by atoms with Gasteiger partial charge in [-0.2, -0.15) is 0 Å². The molecule has 29 heavy (non-hydrogen) atoms. The summed E-state index contributed by atoms with van der Waals surface area (Å²) >= 11 is 0. The highest BCUT2D eigenvalue weighted by Gasteiger charge is 2.36. The second kappa shape index (κ2) is 10.7. The Bertz CT molecular complexity index is 659. The normalized spacial score (nSPS) is 28.4. The van der Waals surface area contributed by atoms with Crippen molar-refractivity contribution in [1.82, 2.24) is 14.9 Å². The number of ether oxygens (including phenoxy) is 1. The SMILES string of the molecule is CC(=O)NCC(=O)N1CCC[C@H](NS(C)(=O)=O)[C@@H]1COC1CCC(C(C)C)CC1. The predicted octanol–water partition coefficient (Wildman–Crippen LogP) is 1.26. The van der Waals surface area contributed by atoms with Gasteiger partial charge in [0.1, 0.15) is 0 Å². The number of piperidine rings is 1. The van der Waals surface area contributed by atoms with Gasteiger partial charge >= 0.3 is 0 Å². The molecule has 1 aliphatic heterocycles. The summed E-state index contributed by atoms with van der Waals surface area (Å²) in [5.74, 6) is 0.938. The molecule has 1 saturated carbocycles. The molecule has 0 aromatic heterocycles. The van der Waals surface area contributed by atoms with Crippen LogP contribution in [0, 0.1) is 11.8 Å². The first-order chi connectivity index (χ1) is 13.6. The van der Waals surface area contributed by atoms with Gasteiger partial charge in [-0.1, -0.05) is 13.8 Å². The van der Waals surface area contributed by atoms with Crippen LogP contribution in [-0.2, 0) is 24.3 Å². The number of hydrogen-bond donors (Lipinski definition) is 2. The molecular formula is C20H37N3O5S. The Morgan fingerprint density at radius 2 is 1.79 bits per heavy atom. The van der Waals surface area contributed by atoms with Crippen LogP contribution in [0.3, 0.4) is 0 Å². The smallest absolute Gasteiger partial charge is 0.242 e. The zero-order valence-electron chi connectivity index (χ0n) is 18.1. The molecule has 2 atom stereocenters. The van der Waals surface area contributed by atoms with Crippen LogP contribution in [0.25, 0.3) is 0 Å². The molecule has 1 saturated heterocycles. The largest absolute Gasteiger partial charge is 0.376 e. The molecule has 8 nitrogen and oxygen atoms in total. The summed E-state index contributed by atoms with van der Waals surface area (Å²) in [5, 5.41) is 2.54. The first-order valence-electron chi connectivity index (χ1n) is 10.7. The molecule has 2 N–H and O–H groups in total. The third-order valence-corrected chi connectivity index (χ3v) is 6.85. The van der Waals surface area contributed by atoms with Crippen LogP contribution in [0.2, 0.25) is 0 Å². The standard InChI is InChI=1S/C20H37N3O5S/c1-14(2)16-7-9-17(10-8-16)28-13-19-18(22-29(4,26)27)6-5-11-23(19)20(25)12-21-15(3)24/h14,16-19,22H,5-13H2,1-4H3,(H,21,24)/t16?,17?,18-,19-/m0/s1. The Balaban J connectivity index is 2.02. The lowest BCUT2D eigenvalue weighted by Gasteiger charge is -2.42. The summed E-state index contributed by atoms with van der Waals surface area (Å²) < 4.78 is 32.5. The number of nitrogens with zero attached hydrogens (tertiary/aromatic N) is 1. The molecule has 9 heteroatoms. The minimum absolute atomic E-state index is 0.0864. The lowest BCUT2D eigenvalue weighted by Crippen LogP contribution is -2.60. The molecule has 0 unspecified atom stereocenters. The second-order valence-electron chi connectivity index (χ2n) is 8.82. The maximum atomic E-state index is 12.7. The van der Waals surface area contributed by atoms with Crippen molar-refractivity contribution in [3.63, 3.8) is 0 Å². The maximum Gasteiger partial charge on any atom is 0.242 e. The fraction of sp³-hybridized carbons (Fsp3) is 0.900. The van der Waals surface area contributed by atoms with E-state index in [1.54, 1.807) is 4.90 Å². The van der Waals surface area contributed by atoms with E-state index in [1.165, 1.54) is 6.92 Å². The molecule has 0 aromatic carbocycles. The van der Waals surface area contributed by atoms with Gasteiger partial charge in [0.05, 0.1) is 31.6 Å². The molecule has 0 radical (unpaired) electrons. The van der Waals surface area contributed by atoms with E-state index in [2.05, 4.69) is 23.9 Å². The summed E-state index contributed by atoms with van der Waals surface area (Å²) in [6.07, 6.45) is 6.93. The van der Waals surface area contributed by atoms with Crippen molar-refractivity contribution in [2.45, 2.75) is 77.5 Å². The van der Waals surface area contributed by atoms with Crippen molar-refractivity contribution in [2.75, 3.05) is 26.0 Å². The fourth-order valence-corrected chi connectivity index (χ4v) is 5.27. The zero-order chi connectivity index (χ0) is 21.6. The molecule has 1 heterocycles. The van der Waals surface area contributed by atoms with E-state index >= 15 is 0 Å². The van der Waals surface area contributed by atoms with Crippen molar-refractivity contribution in [3.05, 3.63) is 0 Å². The first-order valence-corrected chi connectivity index (χ1v) is 12.6. The van der Waals surface area contributed by atoms with E-state index < -0.39 is 10.0 Å². The average molecular weight is 432 g/mol. The maximum absolute atomic E-state index is 12.7. The van der Waals surface area contributed by atoms with Crippen LogP contribution in [0.4, 0.5) is 0 Å². The highest BCUT2D eigenvalue weighted by atomic mass is 32.2. The predicted molar refractivity (Wildman–Crippen MR) is 112 cm³/mol. The summed E-state index contributed by atoms with van der Waals surface area (Å²) in [4.78, 5) is 25.5. The lowest BCUT2D eigenvalue weighted by molar-refractivity contribution is -0.139. The third-order valence-electron chi connectivity index (χ3n) is 6.12. The minimum Gasteiger partial charge on any atom is -0.376 e. The molecule has 1 aliphatic carbocycles. The summed E-state index contributed by atoms with van der Waals surface area (Å²) in [6.45, 7) is 6.63. The lowest BCUT2D eigenvalue weighted by atomic mass is 9.80. The monoisotopic (exact) mass is 431 g/mol. The number of carbonyl (C=O) groups is 2. The summed E-state index contributed by atoms with van der Waals surface area (Å²) in [5.41, 5.74) is 0. The van der Waals surface area contributed by atoms with Crippen LogP contribution < -0.4 is 10.0 Å². The van der Waals surface area contributed by atoms with Crippen LogP contribution in [0.1, 0.15) is 59.3 Å². The molecule has 2 aliphatic rings. The van der Waals surface area contributed by atoms with Gasteiger partial charge in [0.25, 0.3) is 0 Å². The molecule has 0 spiro atoms. The quantitative estimate of drug-likeness (QED) is 0.602. The van der Waals surface area contributed by atoms with Crippen molar-refractivity contribution < 1.29 is 22.7 Å². The van der Waals surface area contributed by atoms with Crippen LogP contribution in [0.15, 0.2) is 0 Å². The number of nitrogens with one attached hydrogen (secondary N) is 2. The van der Waals surface area contributed by atoms with Gasteiger partial charge in [-0.15, -0.1) is 0 Å². The van der Waals surface area contributed by atoms with Crippen LogP contribution in [0.5, 0.6) is 0 Å². The Hall–Kier alpha value is -1.19. The molecule has 168 valence electrons. The summed E-state index contributed by atoms with van der Waals surface area (Å²) in [7, 11) is -3.40. The van der Waals surface area contributed by atoms with Crippen molar-refractivity contribution in [2.24, 2.45) is 11.8 Å². The minimum atomic E-state index is -3.40. The van der Waals surface area contributed by atoms with E-state index in [4.69, 9.17) is 4.74 Å². The van der Waals surface area contributed by atoms with Gasteiger partial charge in [-0.25, -0.2) is 13.1 Å². The van der Waals surface area contributed by atoms with Crippen molar-refractivity contribution in [3.8, 4) is 0 Å². The molecule has 0 aromatic rings. The number of hydrogen-bond acceptors (Lipinski definition) is 5. The number of sulfonamides is 1. The van der Waals surface area contributed by atoms with Gasteiger partial charge in [0, 0.05) is 19.5 Å². The zero-order valence-corrected chi connectivity index (χ0v) is 19.0. The van der Waals surface area contributed by atoms with Crippen molar-refractivity contribution >= 4 is 21.8 Å². The average Bonchev–Trinajstić information content (AvgIpc) is 2.64. The molecule has 2 fully saturated rings. The van der Waals surface area contributed by atoms with Crippen molar-refractivity contribution in [1.29, 1.82) is 0 Å². The van der Waals surface area contributed by atoms with Gasteiger partial charge in [0.2, 0.25) is 21.8 Å². The number of rotatable bonds is 8. The van der Waals surface area contributed by atoms with Gasteiger partial charge in [0.15, 0.2) is 0 Å². The Labute approximate surface area is 175 Å². The summed E-state index contributed by atoms with van der Waals surface area (Å²) in [6, 6.07) is -0.755. The fourth-order valence-electron chi connectivity index (χ4n) is 4.44. The Morgan fingerprint density at radius 1 is 1.14 bits per heavy atom. The Morgan fingerprint density at radius 3 is 2.34 bits per heavy atom. The number of likely N-dealkylation sites (tertiary alicyclic amines) is 1. The Kier molecular flexibility index (Phi) is 8.91. The van der Waals surface area contributed by atoms with Gasteiger partial charge in [-0.05, 0) is 50.4 Å². The molecule has 2 amide bonds. The first kappa shape index (κ1) is 24.1. The van der Waals surface area contributed by atoms with Gasteiger partial charge < -0.3 is 15.0 Å². The van der Waals surface area contributed by atoms with E-state index in [0.717, 1.165) is 37.9 Å². The number of carbonyl (C=O) groups excluding carboxylic acids is 2. The van der Waals surface area contributed by atoms with E-state index in [-0.39, 0.29) is 36.5 Å². The molecule has 2 rings (SSSR count). The number of amides is 2. The third kappa shape index (κ3) is 7.86. The van der Waals surface area contributed by atoms with E-state index in [9.17, 15) is 18.0 Å². The molecular weight excluding hydrogens is 394 g/mol. The second-order valence-corrected chi connectivity index (χ2v) is 10.6. The highest BCUT2D eigenvalue weighted by molar-refractivity contribution is 7.88. The van der Waals surface area contributed by atoms with E-state index in [0.29, 0.717) is 31.9 Å².